The Balaban J connectivity index is 1.67. The van der Waals surface area contributed by atoms with Crippen molar-refractivity contribution >= 4 is 16.6 Å². The number of nitrogens with zero attached hydrogens (tertiary/aromatic N) is 3. The number of ether oxygens (including phenoxy) is 1. The van der Waals surface area contributed by atoms with Crippen LogP contribution in [0.15, 0.2) is 42.5 Å². The number of tetrazole rings is 1. The van der Waals surface area contributed by atoms with Crippen LogP contribution < -0.4 is 10.5 Å². The molecule has 0 radical (unpaired) electrons. The van der Waals surface area contributed by atoms with E-state index in [9.17, 15) is 0 Å². The predicted octanol–water partition coefficient (Wildman–Crippen LogP) is 2.53. The number of H-pyrrole nitrogens is 2. The summed E-state index contributed by atoms with van der Waals surface area (Å²) >= 11 is 0. The highest BCUT2D eigenvalue weighted by Crippen LogP contribution is 2.28. The summed E-state index contributed by atoms with van der Waals surface area (Å²) in [5.41, 5.74) is 10.6. The number of nitrogens with one attached hydrogen (secondary N) is 2. The van der Waals surface area contributed by atoms with E-state index in [1.807, 2.05) is 36.4 Å². The summed E-state index contributed by atoms with van der Waals surface area (Å²) in [6.07, 6.45) is 0.726. The predicted molar refractivity (Wildman–Crippen MR) is 91.7 cm³/mol. The number of hydrogen-bond donors (Lipinski definition) is 3. The molecular formula is C17H16N6O. The highest BCUT2D eigenvalue weighted by atomic mass is 16.5. The summed E-state index contributed by atoms with van der Waals surface area (Å²) in [6, 6.07) is 13.9. The SMILES string of the molecule is COc1cc(-c2nn[nH]n2)ccc1Cc1cc2ccc(N)cc2[nH]1. The molecule has 0 amide bonds. The van der Waals surface area contributed by atoms with Crippen molar-refractivity contribution in [3.63, 3.8) is 0 Å². The van der Waals surface area contributed by atoms with E-state index in [0.717, 1.165) is 45.6 Å². The molecule has 4 rings (SSSR count). The van der Waals surface area contributed by atoms with Crippen molar-refractivity contribution in [3.05, 3.63) is 53.7 Å². The molecule has 0 bridgehead atoms. The van der Waals surface area contributed by atoms with E-state index in [1.165, 1.54) is 0 Å². The molecule has 4 N–H and O–H groups in total. The number of nitrogen functional groups attached to an aromatic ring is 1. The van der Waals surface area contributed by atoms with Crippen molar-refractivity contribution in [2.24, 2.45) is 0 Å². The van der Waals surface area contributed by atoms with Gasteiger partial charge < -0.3 is 15.5 Å². The molecule has 4 aromatic rings. The number of rotatable bonds is 4. The zero-order chi connectivity index (χ0) is 16.5. The first kappa shape index (κ1) is 14.3. The molecule has 0 aliphatic carbocycles. The van der Waals surface area contributed by atoms with Crippen LogP contribution in [0.1, 0.15) is 11.3 Å². The Morgan fingerprint density at radius 2 is 2.04 bits per heavy atom. The molecule has 2 heterocycles. The summed E-state index contributed by atoms with van der Waals surface area (Å²) in [4.78, 5) is 3.40. The highest BCUT2D eigenvalue weighted by molar-refractivity contribution is 5.83. The van der Waals surface area contributed by atoms with Gasteiger partial charge in [0.25, 0.3) is 0 Å². The van der Waals surface area contributed by atoms with Gasteiger partial charge in [0, 0.05) is 34.4 Å². The van der Waals surface area contributed by atoms with Gasteiger partial charge in [0.05, 0.1) is 7.11 Å². The van der Waals surface area contributed by atoms with Crippen molar-refractivity contribution in [2.75, 3.05) is 12.8 Å². The fourth-order valence-electron chi connectivity index (χ4n) is 2.82. The first-order chi connectivity index (χ1) is 11.7. The Morgan fingerprint density at radius 3 is 2.83 bits per heavy atom. The first-order valence-corrected chi connectivity index (χ1v) is 7.51. The maximum absolute atomic E-state index is 5.83. The zero-order valence-corrected chi connectivity index (χ0v) is 13.1. The number of anilines is 1. The first-order valence-electron chi connectivity index (χ1n) is 7.51. The van der Waals surface area contributed by atoms with E-state index in [4.69, 9.17) is 10.5 Å². The molecule has 0 saturated heterocycles. The lowest BCUT2D eigenvalue weighted by Gasteiger charge is -2.09. The lowest BCUT2D eigenvalue weighted by molar-refractivity contribution is 0.410. The molecular weight excluding hydrogens is 304 g/mol. The molecule has 2 aromatic heterocycles. The van der Waals surface area contributed by atoms with Crippen LogP contribution in [0.2, 0.25) is 0 Å². The minimum atomic E-state index is 0.543. The molecule has 24 heavy (non-hydrogen) atoms. The van der Waals surface area contributed by atoms with Gasteiger partial charge in [-0.2, -0.15) is 5.21 Å². The van der Waals surface area contributed by atoms with E-state index in [1.54, 1.807) is 7.11 Å². The standard InChI is InChI=1S/C17H16N6O/c1-24-16-8-12(17-20-22-23-21-17)3-2-11(16)7-14-6-10-4-5-13(18)9-15(10)19-14/h2-6,8-9,19H,7,18H2,1H3,(H,20,21,22,23). The van der Waals surface area contributed by atoms with Crippen LogP contribution in [0.5, 0.6) is 5.75 Å². The number of hydrogen-bond acceptors (Lipinski definition) is 5. The van der Waals surface area contributed by atoms with Gasteiger partial charge in [0.2, 0.25) is 5.82 Å². The van der Waals surface area contributed by atoms with E-state index < -0.39 is 0 Å². The molecule has 120 valence electrons. The fraction of sp³-hybridized carbons (Fsp3) is 0.118. The van der Waals surface area contributed by atoms with Crippen molar-refractivity contribution < 1.29 is 4.74 Å². The minimum Gasteiger partial charge on any atom is -0.496 e. The van der Waals surface area contributed by atoms with Gasteiger partial charge in [-0.25, -0.2) is 0 Å². The maximum atomic E-state index is 5.83. The second-order valence-electron chi connectivity index (χ2n) is 5.58. The zero-order valence-electron chi connectivity index (χ0n) is 13.1. The molecule has 0 atom stereocenters. The van der Waals surface area contributed by atoms with Crippen LogP contribution in [0, 0.1) is 0 Å². The topological polar surface area (TPSA) is 106 Å². The number of benzene rings is 2. The molecule has 0 fully saturated rings. The number of fused-ring (bicyclic) bond motifs is 1. The van der Waals surface area contributed by atoms with Gasteiger partial charge in [0.1, 0.15) is 5.75 Å². The van der Waals surface area contributed by atoms with Gasteiger partial charge in [-0.1, -0.05) is 18.2 Å². The van der Waals surface area contributed by atoms with Crippen molar-refractivity contribution in [1.82, 2.24) is 25.6 Å². The second-order valence-corrected chi connectivity index (χ2v) is 5.58. The van der Waals surface area contributed by atoms with Crippen molar-refractivity contribution in [2.45, 2.75) is 6.42 Å². The van der Waals surface area contributed by atoms with Gasteiger partial charge in [-0.05, 0) is 34.9 Å². The monoisotopic (exact) mass is 320 g/mol. The molecule has 7 heteroatoms. The van der Waals surface area contributed by atoms with Crippen LogP contribution in [-0.2, 0) is 6.42 Å². The molecule has 0 unspecified atom stereocenters. The van der Waals surface area contributed by atoms with Gasteiger partial charge in [0.15, 0.2) is 0 Å². The molecule has 0 saturated carbocycles. The Bertz CT molecular complexity index is 990. The average Bonchev–Trinajstić information content (AvgIpc) is 3.24. The Morgan fingerprint density at radius 1 is 1.12 bits per heavy atom. The van der Waals surface area contributed by atoms with Crippen molar-refractivity contribution in [1.29, 1.82) is 0 Å². The number of aromatic amines is 2. The normalized spacial score (nSPS) is 11.0. The number of nitrogens with two attached hydrogens (primary N) is 1. The second kappa shape index (κ2) is 5.69. The Labute approximate surface area is 137 Å². The molecule has 7 nitrogen and oxygen atoms in total. The van der Waals surface area contributed by atoms with Gasteiger partial charge >= 0.3 is 0 Å². The quantitative estimate of drug-likeness (QED) is 0.501. The van der Waals surface area contributed by atoms with Crippen molar-refractivity contribution in [3.8, 4) is 17.1 Å². The van der Waals surface area contributed by atoms with Crippen LogP contribution in [-0.4, -0.2) is 32.7 Å². The largest absolute Gasteiger partial charge is 0.496 e. The minimum absolute atomic E-state index is 0.543. The number of methoxy groups -OCH3 is 1. The van der Waals surface area contributed by atoms with Gasteiger partial charge in [-0.3, -0.25) is 0 Å². The summed E-state index contributed by atoms with van der Waals surface area (Å²) in [6.45, 7) is 0. The molecule has 0 spiro atoms. The Hall–Kier alpha value is -3.35. The van der Waals surface area contributed by atoms with E-state index in [0.29, 0.717) is 5.82 Å². The highest BCUT2D eigenvalue weighted by Gasteiger charge is 2.11. The number of aromatic nitrogens is 5. The maximum Gasteiger partial charge on any atom is 0.204 e. The smallest absolute Gasteiger partial charge is 0.204 e. The van der Waals surface area contributed by atoms with E-state index >= 15 is 0 Å². The van der Waals surface area contributed by atoms with Crippen LogP contribution >= 0.6 is 0 Å². The lowest BCUT2D eigenvalue weighted by atomic mass is 10.1. The molecule has 0 aliphatic heterocycles. The summed E-state index contributed by atoms with van der Waals surface area (Å²) in [5.74, 6) is 1.33. The fourth-order valence-corrected chi connectivity index (χ4v) is 2.82. The van der Waals surface area contributed by atoms with Crippen LogP contribution in [0.3, 0.4) is 0 Å². The molecule has 2 aromatic carbocycles. The third-order valence-corrected chi connectivity index (χ3v) is 3.97. The summed E-state index contributed by atoms with van der Waals surface area (Å²) in [5, 5.41) is 15.2. The van der Waals surface area contributed by atoms with Crippen LogP contribution in [0.25, 0.3) is 22.3 Å². The van der Waals surface area contributed by atoms with Gasteiger partial charge in [-0.15, -0.1) is 10.2 Å². The third-order valence-electron chi connectivity index (χ3n) is 3.97. The van der Waals surface area contributed by atoms with E-state index in [2.05, 4.69) is 31.7 Å². The Kier molecular flexibility index (Phi) is 3.38. The molecule has 0 aliphatic rings. The van der Waals surface area contributed by atoms with Crippen LogP contribution in [0.4, 0.5) is 5.69 Å². The summed E-state index contributed by atoms with van der Waals surface area (Å²) in [7, 11) is 1.66. The van der Waals surface area contributed by atoms with E-state index in [-0.39, 0.29) is 0 Å². The summed E-state index contributed by atoms with van der Waals surface area (Å²) < 4.78 is 5.53. The third kappa shape index (κ3) is 2.56. The average molecular weight is 320 g/mol. The lowest BCUT2D eigenvalue weighted by Crippen LogP contribution is -1.95.